The number of nitrogens with zero attached hydrogens (tertiary/aromatic N) is 3. The van der Waals surface area contributed by atoms with Gasteiger partial charge < -0.3 is 14.1 Å². The summed E-state index contributed by atoms with van der Waals surface area (Å²) in [5.74, 6) is -1.08. The molecule has 0 saturated heterocycles. The van der Waals surface area contributed by atoms with Crippen molar-refractivity contribution < 1.29 is 22.4 Å². The second kappa shape index (κ2) is 8.57. The van der Waals surface area contributed by atoms with Gasteiger partial charge in [-0.2, -0.15) is 13.8 Å². The molecule has 3 rings (SSSR count). The molecule has 0 aliphatic carbocycles. The number of rotatable bonds is 8. The summed E-state index contributed by atoms with van der Waals surface area (Å²) in [4.78, 5) is 7.78. The van der Waals surface area contributed by atoms with Gasteiger partial charge in [0.2, 0.25) is 5.82 Å². The SMILES string of the molecule is CCOP(=O)(Cc1ccc(-c2noc(C(F)(F)Cl)n2)cn1)Nc1cccc(C)c1. The third kappa shape index (κ3) is 5.59. The number of anilines is 1. The molecule has 0 amide bonds. The van der Waals surface area contributed by atoms with Gasteiger partial charge in [0.15, 0.2) is 0 Å². The Balaban J connectivity index is 1.77. The van der Waals surface area contributed by atoms with Gasteiger partial charge in [-0.3, -0.25) is 9.55 Å². The van der Waals surface area contributed by atoms with Gasteiger partial charge in [0, 0.05) is 17.4 Å². The molecule has 3 aromatic rings. The summed E-state index contributed by atoms with van der Waals surface area (Å²) in [5.41, 5.74) is 2.53. The van der Waals surface area contributed by atoms with Gasteiger partial charge in [0.05, 0.1) is 18.5 Å². The van der Waals surface area contributed by atoms with E-state index in [0.717, 1.165) is 5.56 Å². The topological polar surface area (TPSA) is 90.1 Å². The number of nitrogens with one attached hydrogen (secondary N) is 1. The van der Waals surface area contributed by atoms with Crippen LogP contribution in [0.1, 0.15) is 24.1 Å². The van der Waals surface area contributed by atoms with E-state index in [1.54, 1.807) is 25.1 Å². The van der Waals surface area contributed by atoms with E-state index in [1.807, 2.05) is 25.1 Å². The highest BCUT2D eigenvalue weighted by molar-refractivity contribution is 7.59. The fraction of sp³-hybridized carbons (Fsp3) is 0.278. The molecule has 0 fully saturated rings. The molecule has 2 heterocycles. The molecule has 0 saturated carbocycles. The maximum atomic E-state index is 13.2. The van der Waals surface area contributed by atoms with Crippen LogP contribution in [0.15, 0.2) is 47.1 Å². The third-order valence-electron chi connectivity index (χ3n) is 3.78. The monoisotopic (exact) mass is 442 g/mol. The Morgan fingerprint density at radius 3 is 2.69 bits per heavy atom. The quantitative estimate of drug-likeness (QED) is 0.360. The van der Waals surface area contributed by atoms with E-state index in [1.165, 1.54) is 6.20 Å². The van der Waals surface area contributed by atoms with Crippen molar-refractivity contribution in [1.29, 1.82) is 0 Å². The maximum absolute atomic E-state index is 13.2. The van der Waals surface area contributed by atoms with E-state index in [2.05, 4.69) is 24.7 Å². The van der Waals surface area contributed by atoms with Crippen molar-refractivity contribution in [1.82, 2.24) is 15.1 Å². The van der Waals surface area contributed by atoms with Crippen LogP contribution in [0, 0.1) is 6.92 Å². The Kier molecular flexibility index (Phi) is 6.31. The first-order valence-electron chi connectivity index (χ1n) is 8.63. The first kappa shape index (κ1) is 21.4. The largest absolute Gasteiger partial charge is 0.400 e. The molecule has 1 unspecified atom stereocenters. The van der Waals surface area contributed by atoms with Gasteiger partial charge in [-0.05, 0) is 55.3 Å². The molecule has 0 radical (unpaired) electrons. The summed E-state index contributed by atoms with van der Waals surface area (Å²) in [7, 11) is -3.27. The van der Waals surface area contributed by atoms with Gasteiger partial charge in [0.25, 0.3) is 7.52 Å². The lowest BCUT2D eigenvalue weighted by molar-refractivity contribution is 0.0551. The first-order chi connectivity index (χ1) is 13.7. The van der Waals surface area contributed by atoms with E-state index in [4.69, 9.17) is 16.1 Å². The fourth-order valence-electron chi connectivity index (χ4n) is 2.56. The molecule has 1 N–H and O–H groups in total. The Morgan fingerprint density at radius 2 is 2.10 bits per heavy atom. The lowest BCUT2D eigenvalue weighted by Gasteiger charge is -2.20. The zero-order valence-corrected chi connectivity index (χ0v) is 17.3. The highest BCUT2D eigenvalue weighted by Crippen LogP contribution is 2.49. The molecule has 0 spiro atoms. The van der Waals surface area contributed by atoms with Crippen molar-refractivity contribution >= 4 is 24.8 Å². The number of benzene rings is 1. The normalized spacial score (nSPS) is 13.8. The Labute approximate surface area is 171 Å². The summed E-state index contributed by atoms with van der Waals surface area (Å²) < 4.78 is 49.2. The minimum absolute atomic E-state index is 0.0340. The summed E-state index contributed by atoms with van der Waals surface area (Å²) in [6.07, 6.45) is 1.41. The average molecular weight is 443 g/mol. The number of aryl methyl sites for hydroxylation is 1. The third-order valence-corrected chi connectivity index (χ3v) is 5.95. The predicted molar refractivity (Wildman–Crippen MR) is 105 cm³/mol. The van der Waals surface area contributed by atoms with Crippen LogP contribution in [-0.2, 0) is 20.6 Å². The first-order valence-corrected chi connectivity index (χ1v) is 10.8. The maximum Gasteiger partial charge on any atom is 0.400 e. The molecule has 2 aromatic heterocycles. The summed E-state index contributed by atoms with van der Waals surface area (Å²) in [5, 5.41) is 2.69. The van der Waals surface area contributed by atoms with Crippen LogP contribution in [0.4, 0.5) is 14.5 Å². The molecule has 0 aliphatic rings. The van der Waals surface area contributed by atoms with E-state index >= 15 is 0 Å². The van der Waals surface area contributed by atoms with E-state index in [0.29, 0.717) is 16.9 Å². The second-order valence-electron chi connectivity index (χ2n) is 6.19. The second-order valence-corrected chi connectivity index (χ2v) is 8.81. The molecular formula is C18H18ClF2N4O3P. The number of hydrogen-bond donors (Lipinski definition) is 1. The van der Waals surface area contributed by atoms with Gasteiger partial charge in [-0.25, -0.2) is 0 Å². The van der Waals surface area contributed by atoms with Gasteiger partial charge >= 0.3 is 11.3 Å². The molecule has 154 valence electrons. The van der Waals surface area contributed by atoms with Crippen LogP contribution in [-0.4, -0.2) is 21.7 Å². The Morgan fingerprint density at radius 1 is 1.31 bits per heavy atom. The number of halogens is 3. The Hall–Kier alpha value is -2.35. The lowest BCUT2D eigenvalue weighted by atomic mass is 10.2. The number of alkyl halides is 3. The molecular weight excluding hydrogens is 425 g/mol. The van der Waals surface area contributed by atoms with Gasteiger partial charge in [-0.1, -0.05) is 17.3 Å². The zero-order chi connectivity index (χ0) is 21.1. The predicted octanol–water partition coefficient (Wildman–Crippen LogP) is 5.57. The fourth-order valence-corrected chi connectivity index (χ4v) is 4.43. The minimum Gasteiger partial charge on any atom is -0.331 e. The van der Waals surface area contributed by atoms with Crippen molar-refractivity contribution in [3.05, 3.63) is 59.7 Å². The Bertz CT molecular complexity index is 1020. The van der Waals surface area contributed by atoms with Crippen molar-refractivity contribution in [2.24, 2.45) is 0 Å². The zero-order valence-electron chi connectivity index (χ0n) is 15.6. The van der Waals surface area contributed by atoms with E-state index in [9.17, 15) is 13.3 Å². The van der Waals surface area contributed by atoms with E-state index < -0.39 is 18.8 Å². The molecule has 0 bridgehead atoms. The summed E-state index contributed by atoms with van der Waals surface area (Å²) in [6.45, 7) is 3.94. The molecule has 29 heavy (non-hydrogen) atoms. The van der Waals surface area contributed by atoms with Crippen LogP contribution in [0.25, 0.3) is 11.4 Å². The van der Waals surface area contributed by atoms with Crippen LogP contribution in [0.2, 0.25) is 0 Å². The molecule has 1 aromatic carbocycles. The minimum atomic E-state index is -3.75. The van der Waals surface area contributed by atoms with Crippen molar-refractivity contribution in [2.45, 2.75) is 25.4 Å². The summed E-state index contributed by atoms with van der Waals surface area (Å²) in [6, 6.07) is 10.6. The van der Waals surface area contributed by atoms with Crippen LogP contribution >= 0.6 is 19.1 Å². The average Bonchev–Trinajstić information content (AvgIpc) is 3.13. The number of pyridine rings is 1. The van der Waals surface area contributed by atoms with Crippen molar-refractivity contribution in [2.75, 3.05) is 11.7 Å². The lowest BCUT2D eigenvalue weighted by Crippen LogP contribution is -2.05. The molecule has 1 atom stereocenters. The van der Waals surface area contributed by atoms with Crippen molar-refractivity contribution in [3.8, 4) is 11.4 Å². The van der Waals surface area contributed by atoms with Crippen LogP contribution < -0.4 is 5.09 Å². The highest BCUT2D eigenvalue weighted by Gasteiger charge is 2.35. The molecule has 0 aliphatic heterocycles. The van der Waals surface area contributed by atoms with Crippen LogP contribution in [0.5, 0.6) is 0 Å². The highest BCUT2D eigenvalue weighted by atomic mass is 35.5. The van der Waals surface area contributed by atoms with E-state index in [-0.39, 0.29) is 18.6 Å². The van der Waals surface area contributed by atoms with Crippen LogP contribution in [0.3, 0.4) is 0 Å². The number of aromatic nitrogens is 3. The molecule has 11 heteroatoms. The molecule has 7 nitrogen and oxygen atoms in total. The number of hydrogen-bond acceptors (Lipinski definition) is 6. The standard InChI is InChI=1S/C18H18ClF2N4O3P/c1-3-27-29(26,25-14-6-4-5-12(2)9-14)11-15-8-7-13(10-22-15)16-23-17(28-24-16)18(19,20)21/h4-10H,3,11H2,1-2H3,(H,25,26). The van der Waals surface area contributed by atoms with Gasteiger partial charge in [0.1, 0.15) is 0 Å². The van der Waals surface area contributed by atoms with Gasteiger partial charge in [-0.15, -0.1) is 0 Å². The van der Waals surface area contributed by atoms with Crippen molar-refractivity contribution in [3.63, 3.8) is 0 Å². The smallest absolute Gasteiger partial charge is 0.331 e. The summed E-state index contributed by atoms with van der Waals surface area (Å²) >= 11 is 4.87.